The number of benzene rings is 2. The van der Waals surface area contributed by atoms with Crippen LogP contribution < -0.4 is 10.5 Å². The van der Waals surface area contributed by atoms with Gasteiger partial charge < -0.3 is 19.9 Å². The SMILES string of the molecule is Cc1ccc(OC2C(Cc3ccc(Cl)cc3Cl)COCC(N)C(=O)OC2C)cc1. The molecule has 0 radical (unpaired) electrons. The van der Waals surface area contributed by atoms with E-state index in [9.17, 15) is 4.79 Å². The van der Waals surface area contributed by atoms with Crippen LogP contribution in [0.1, 0.15) is 18.1 Å². The Morgan fingerprint density at radius 1 is 1.14 bits per heavy atom. The van der Waals surface area contributed by atoms with E-state index in [-0.39, 0.29) is 12.5 Å². The molecule has 2 N–H and O–H groups in total. The number of hydrogen-bond acceptors (Lipinski definition) is 5. The van der Waals surface area contributed by atoms with Crippen LogP contribution in [0.5, 0.6) is 5.75 Å². The number of hydrogen-bond donors (Lipinski definition) is 1. The molecule has 1 saturated heterocycles. The van der Waals surface area contributed by atoms with Gasteiger partial charge in [0.25, 0.3) is 0 Å². The first-order valence-electron chi connectivity index (χ1n) is 9.54. The lowest BCUT2D eigenvalue weighted by atomic mass is 9.91. The Morgan fingerprint density at radius 3 is 2.55 bits per heavy atom. The highest BCUT2D eigenvalue weighted by molar-refractivity contribution is 6.35. The fourth-order valence-corrected chi connectivity index (χ4v) is 3.83. The summed E-state index contributed by atoms with van der Waals surface area (Å²) >= 11 is 12.4. The molecule has 0 aliphatic carbocycles. The van der Waals surface area contributed by atoms with Crippen molar-refractivity contribution >= 4 is 29.2 Å². The summed E-state index contributed by atoms with van der Waals surface area (Å²) in [6.07, 6.45) is -0.393. The number of carbonyl (C=O) groups excluding carboxylic acids is 1. The van der Waals surface area contributed by atoms with Gasteiger partial charge in [0.2, 0.25) is 0 Å². The second-order valence-corrected chi connectivity index (χ2v) is 8.23. The van der Waals surface area contributed by atoms with E-state index in [1.807, 2.05) is 44.2 Å². The lowest BCUT2D eigenvalue weighted by molar-refractivity contribution is -0.155. The van der Waals surface area contributed by atoms with E-state index in [1.54, 1.807) is 12.1 Å². The molecule has 7 heteroatoms. The fourth-order valence-electron chi connectivity index (χ4n) is 3.34. The minimum Gasteiger partial charge on any atom is -0.486 e. The molecule has 2 aromatic rings. The van der Waals surface area contributed by atoms with Gasteiger partial charge >= 0.3 is 5.97 Å². The molecule has 156 valence electrons. The first-order chi connectivity index (χ1) is 13.8. The van der Waals surface area contributed by atoms with Gasteiger partial charge in [-0.05, 0) is 50.1 Å². The van der Waals surface area contributed by atoms with Gasteiger partial charge in [0.1, 0.15) is 24.0 Å². The molecule has 0 aromatic heterocycles. The highest BCUT2D eigenvalue weighted by Gasteiger charge is 2.35. The zero-order chi connectivity index (χ0) is 21.0. The summed E-state index contributed by atoms with van der Waals surface area (Å²) in [7, 11) is 0. The number of aryl methyl sites for hydroxylation is 1. The van der Waals surface area contributed by atoms with Crippen LogP contribution in [0.3, 0.4) is 0 Å². The van der Waals surface area contributed by atoms with Gasteiger partial charge in [-0.3, -0.25) is 4.79 Å². The normalized spacial score (nSPS) is 25.5. The van der Waals surface area contributed by atoms with Crippen molar-refractivity contribution in [1.29, 1.82) is 0 Å². The third-order valence-corrected chi connectivity index (χ3v) is 5.54. The molecular formula is C22H25Cl2NO4. The summed E-state index contributed by atoms with van der Waals surface area (Å²) in [5.74, 6) is 0.0718. The van der Waals surface area contributed by atoms with Crippen LogP contribution in [0.25, 0.3) is 0 Å². The lowest BCUT2D eigenvalue weighted by Gasteiger charge is -2.31. The van der Waals surface area contributed by atoms with E-state index >= 15 is 0 Å². The van der Waals surface area contributed by atoms with Crippen molar-refractivity contribution in [2.45, 2.75) is 38.5 Å². The quantitative estimate of drug-likeness (QED) is 0.725. The van der Waals surface area contributed by atoms with Crippen LogP contribution in [-0.2, 0) is 20.7 Å². The highest BCUT2D eigenvalue weighted by Crippen LogP contribution is 2.29. The van der Waals surface area contributed by atoms with E-state index in [2.05, 4.69) is 0 Å². The number of halogens is 2. The number of cyclic esters (lactones) is 1. The summed E-state index contributed by atoms with van der Waals surface area (Å²) in [6, 6.07) is 12.3. The molecule has 2 aromatic carbocycles. The van der Waals surface area contributed by atoms with Crippen molar-refractivity contribution in [2.75, 3.05) is 13.2 Å². The Kier molecular flexibility index (Phi) is 7.41. The van der Waals surface area contributed by atoms with Crippen LogP contribution >= 0.6 is 23.2 Å². The number of nitrogens with two attached hydrogens (primary N) is 1. The maximum atomic E-state index is 12.2. The molecular weight excluding hydrogens is 413 g/mol. The van der Waals surface area contributed by atoms with Crippen molar-refractivity contribution in [2.24, 2.45) is 11.7 Å². The van der Waals surface area contributed by atoms with Crippen LogP contribution in [0, 0.1) is 12.8 Å². The number of esters is 1. The van der Waals surface area contributed by atoms with E-state index in [0.717, 1.165) is 11.1 Å². The van der Waals surface area contributed by atoms with Crippen LogP contribution in [0.2, 0.25) is 10.0 Å². The van der Waals surface area contributed by atoms with Crippen LogP contribution in [-0.4, -0.2) is 37.4 Å². The zero-order valence-corrected chi connectivity index (χ0v) is 18.0. The standard InChI is InChI=1S/C22H25Cl2NO4/c1-13-3-7-18(8-4-13)29-21-14(2)28-22(26)20(25)12-27-11-16(21)9-15-5-6-17(23)10-19(15)24/h3-8,10,14,16,20-21H,9,11-12,25H2,1-2H3. The molecule has 1 aliphatic heterocycles. The molecule has 0 bridgehead atoms. The Balaban J connectivity index is 1.89. The summed E-state index contributed by atoms with van der Waals surface area (Å²) in [4.78, 5) is 12.2. The van der Waals surface area contributed by atoms with Crippen molar-refractivity contribution in [3.05, 3.63) is 63.6 Å². The maximum Gasteiger partial charge on any atom is 0.325 e. The minimum absolute atomic E-state index is 0.0909. The van der Waals surface area contributed by atoms with Gasteiger partial charge in [0.05, 0.1) is 13.2 Å². The fraction of sp³-hybridized carbons (Fsp3) is 0.409. The average molecular weight is 438 g/mol. The number of rotatable bonds is 4. The third-order valence-electron chi connectivity index (χ3n) is 4.95. The largest absolute Gasteiger partial charge is 0.486 e. The molecule has 3 rings (SSSR count). The van der Waals surface area contributed by atoms with Gasteiger partial charge in [-0.2, -0.15) is 0 Å². The first-order valence-corrected chi connectivity index (χ1v) is 10.3. The van der Waals surface area contributed by atoms with E-state index < -0.39 is 24.2 Å². The van der Waals surface area contributed by atoms with Crippen LogP contribution in [0.15, 0.2) is 42.5 Å². The van der Waals surface area contributed by atoms with Crippen LogP contribution in [0.4, 0.5) is 0 Å². The Labute approximate surface area is 181 Å². The van der Waals surface area contributed by atoms with Crippen molar-refractivity contribution in [3.63, 3.8) is 0 Å². The van der Waals surface area contributed by atoms with Crippen molar-refractivity contribution < 1.29 is 19.0 Å². The summed E-state index contributed by atoms with van der Waals surface area (Å²) in [5.41, 5.74) is 7.91. The monoisotopic (exact) mass is 437 g/mol. The number of carbonyl (C=O) groups is 1. The molecule has 4 unspecified atom stereocenters. The van der Waals surface area contributed by atoms with Crippen molar-refractivity contribution in [1.82, 2.24) is 0 Å². The molecule has 0 spiro atoms. The summed E-state index contributed by atoms with van der Waals surface area (Å²) < 4.78 is 17.6. The van der Waals surface area contributed by atoms with Gasteiger partial charge in [-0.25, -0.2) is 0 Å². The summed E-state index contributed by atoms with van der Waals surface area (Å²) in [5, 5.41) is 1.15. The average Bonchev–Trinajstić information content (AvgIpc) is 2.72. The topological polar surface area (TPSA) is 70.8 Å². The molecule has 0 amide bonds. The Morgan fingerprint density at radius 2 is 1.86 bits per heavy atom. The minimum atomic E-state index is -0.824. The molecule has 4 atom stereocenters. The zero-order valence-electron chi connectivity index (χ0n) is 16.4. The van der Waals surface area contributed by atoms with E-state index in [0.29, 0.717) is 28.8 Å². The molecule has 5 nitrogen and oxygen atoms in total. The van der Waals surface area contributed by atoms with E-state index in [4.69, 9.17) is 43.1 Å². The molecule has 29 heavy (non-hydrogen) atoms. The Hall–Kier alpha value is -1.79. The number of ether oxygens (including phenoxy) is 3. The van der Waals surface area contributed by atoms with Gasteiger partial charge in [-0.1, -0.05) is 47.0 Å². The van der Waals surface area contributed by atoms with E-state index in [1.165, 1.54) is 0 Å². The first kappa shape index (κ1) is 21.9. The van der Waals surface area contributed by atoms with Crippen molar-refractivity contribution in [3.8, 4) is 5.75 Å². The molecule has 1 aliphatic rings. The molecule has 0 saturated carbocycles. The van der Waals surface area contributed by atoms with Gasteiger partial charge in [-0.15, -0.1) is 0 Å². The second-order valence-electron chi connectivity index (χ2n) is 7.38. The second kappa shape index (κ2) is 9.81. The highest BCUT2D eigenvalue weighted by atomic mass is 35.5. The molecule has 1 fully saturated rings. The third kappa shape index (κ3) is 5.86. The predicted octanol–water partition coefficient (Wildman–Crippen LogP) is 4.20. The van der Waals surface area contributed by atoms with Gasteiger partial charge in [0.15, 0.2) is 0 Å². The smallest absolute Gasteiger partial charge is 0.325 e. The maximum absolute atomic E-state index is 12.2. The lowest BCUT2D eigenvalue weighted by Crippen LogP contribution is -2.43. The molecule has 1 heterocycles. The summed E-state index contributed by atoms with van der Waals surface area (Å²) in [6.45, 7) is 4.26. The van der Waals surface area contributed by atoms with Gasteiger partial charge in [0, 0.05) is 16.0 Å². The Bertz CT molecular complexity index is 843. The predicted molar refractivity (Wildman–Crippen MR) is 114 cm³/mol.